The van der Waals surface area contributed by atoms with Gasteiger partial charge in [-0.25, -0.2) is 4.39 Å². The smallest absolute Gasteiger partial charge is 0.123 e. The first kappa shape index (κ1) is 12.9. The van der Waals surface area contributed by atoms with Crippen LogP contribution in [0.25, 0.3) is 0 Å². The average Bonchev–Trinajstić information content (AvgIpc) is 3.09. The Balaban J connectivity index is 1.73. The van der Waals surface area contributed by atoms with Gasteiger partial charge in [-0.15, -0.1) is 0 Å². The van der Waals surface area contributed by atoms with Crippen molar-refractivity contribution in [3.63, 3.8) is 0 Å². The highest BCUT2D eigenvalue weighted by molar-refractivity contribution is 5.54. The lowest BCUT2D eigenvalue weighted by Crippen LogP contribution is -2.35. The van der Waals surface area contributed by atoms with Crippen molar-refractivity contribution < 1.29 is 9.50 Å². The summed E-state index contributed by atoms with van der Waals surface area (Å²) in [7, 11) is 0. The third-order valence-electron chi connectivity index (χ3n) is 4.37. The van der Waals surface area contributed by atoms with Crippen LogP contribution in [0, 0.1) is 5.82 Å². The van der Waals surface area contributed by atoms with Gasteiger partial charge in [-0.05, 0) is 50.6 Å². The minimum atomic E-state index is -0.275. The standard InChI is InChI=1S/C15H21FN2O/c16-13-3-4-15(12(9-13)11-19)18-8-5-14(10-18)17-6-1-2-7-17/h3-4,9,14,19H,1-2,5-8,10-11H2. The van der Waals surface area contributed by atoms with Gasteiger partial charge in [-0.3, -0.25) is 4.90 Å². The molecular weight excluding hydrogens is 243 g/mol. The highest BCUT2D eigenvalue weighted by atomic mass is 19.1. The number of hydrogen-bond acceptors (Lipinski definition) is 3. The Bertz CT molecular complexity index is 446. The number of aliphatic hydroxyl groups excluding tert-OH is 1. The van der Waals surface area contributed by atoms with Gasteiger partial charge in [0, 0.05) is 30.4 Å². The largest absolute Gasteiger partial charge is 0.392 e. The first-order valence-electron chi connectivity index (χ1n) is 7.16. The molecule has 1 atom stereocenters. The molecule has 4 heteroatoms. The molecule has 0 bridgehead atoms. The molecule has 1 aromatic rings. The fourth-order valence-corrected chi connectivity index (χ4v) is 3.35. The molecule has 2 aliphatic rings. The Morgan fingerprint density at radius 3 is 2.74 bits per heavy atom. The van der Waals surface area contributed by atoms with Crippen LogP contribution in [0.2, 0.25) is 0 Å². The summed E-state index contributed by atoms with van der Waals surface area (Å²) in [4.78, 5) is 4.86. The minimum absolute atomic E-state index is 0.0992. The van der Waals surface area contributed by atoms with Crippen molar-refractivity contribution in [2.75, 3.05) is 31.1 Å². The Hall–Kier alpha value is -1.13. The van der Waals surface area contributed by atoms with E-state index < -0.39 is 0 Å². The SMILES string of the molecule is OCc1cc(F)ccc1N1CCC(N2CCCC2)C1. The number of aliphatic hydroxyl groups is 1. The van der Waals surface area contributed by atoms with E-state index >= 15 is 0 Å². The topological polar surface area (TPSA) is 26.7 Å². The van der Waals surface area contributed by atoms with Crippen molar-refractivity contribution in [1.82, 2.24) is 4.90 Å². The number of rotatable bonds is 3. The third kappa shape index (κ3) is 2.60. The fraction of sp³-hybridized carbons (Fsp3) is 0.600. The van der Waals surface area contributed by atoms with Gasteiger partial charge in [-0.1, -0.05) is 0 Å². The van der Waals surface area contributed by atoms with Crippen LogP contribution in [-0.2, 0) is 6.61 Å². The lowest BCUT2D eigenvalue weighted by molar-refractivity contribution is 0.260. The molecule has 0 aliphatic carbocycles. The summed E-state index contributed by atoms with van der Waals surface area (Å²) in [5, 5.41) is 9.38. The molecule has 0 saturated carbocycles. The summed E-state index contributed by atoms with van der Waals surface area (Å²) in [6, 6.07) is 5.35. The summed E-state index contributed by atoms with van der Waals surface area (Å²) in [5.74, 6) is -0.275. The van der Waals surface area contributed by atoms with Crippen LogP contribution in [0.1, 0.15) is 24.8 Å². The van der Waals surface area contributed by atoms with Crippen LogP contribution in [0.4, 0.5) is 10.1 Å². The molecule has 2 aliphatic heterocycles. The first-order chi connectivity index (χ1) is 9.28. The average molecular weight is 264 g/mol. The monoisotopic (exact) mass is 264 g/mol. The molecule has 104 valence electrons. The molecule has 0 amide bonds. The molecule has 1 aromatic carbocycles. The van der Waals surface area contributed by atoms with E-state index in [2.05, 4.69) is 9.80 Å². The van der Waals surface area contributed by atoms with Crippen LogP contribution in [-0.4, -0.2) is 42.2 Å². The van der Waals surface area contributed by atoms with Crippen molar-refractivity contribution in [3.05, 3.63) is 29.6 Å². The third-order valence-corrected chi connectivity index (χ3v) is 4.37. The summed E-state index contributed by atoms with van der Waals surface area (Å²) >= 11 is 0. The van der Waals surface area contributed by atoms with Crippen LogP contribution in [0.5, 0.6) is 0 Å². The molecule has 3 rings (SSSR count). The van der Waals surface area contributed by atoms with Gasteiger partial charge in [0.1, 0.15) is 5.82 Å². The summed E-state index contributed by atoms with van der Waals surface area (Å²) < 4.78 is 13.2. The maximum atomic E-state index is 13.2. The number of hydrogen-bond donors (Lipinski definition) is 1. The Labute approximate surface area is 113 Å². The highest BCUT2D eigenvalue weighted by Crippen LogP contribution is 2.28. The number of halogens is 1. The Morgan fingerprint density at radius 1 is 1.21 bits per heavy atom. The van der Waals surface area contributed by atoms with E-state index in [9.17, 15) is 9.50 Å². The normalized spacial score (nSPS) is 24.3. The van der Waals surface area contributed by atoms with Gasteiger partial charge < -0.3 is 10.0 Å². The van der Waals surface area contributed by atoms with Crippen molar-refractivity contribution in [3.8, 4) is 0 Å². The molecule has 2 saturated heterocycles. The lowest BCUT2D eigenvalue weighted by atomic mass is 10.1. The maximum Gasteiger partial charge on any atom is 0.123 e. The van der Waals surface area contributed by atoms with Gasteiger partial charge >= 0.3 is 0 Å². The summed E-state index contributed by atoms with van der Waals surface area (Å²) in [5.41, 5.74) is 1.69. The lowest BCUT2D eigenvalue weighted by Gasteiger charge is -2.25. The van der Waals surface area contributed by atoms with Gasteiger partial charge in [0.2, 0.25) is 0 Å². The number of anilines is 1. The first-order valence-corrected chi connectivity index (χ1v) is 7.16. The molecule has 19 heavy (non-hydrogen) atoms. The molecule has 1 N–H and O–H groups in total. The number of likely N-dealkylation sites (tertiary alicyclic amines) is 1. The quantitative estimate of drug-likeness (QED) is 0.904. The molecule has 1 unspecified atom stereocenters. The summed E-state index contributed by atoms with van der Waals surface area (Å²) in [6.07, 6.45) is 3.80. The van der Waals surface area contributed by atoms with E-state index in [1.807, 2.05) is 0 Å². The minimum Gasteiger partial charge on any atom is -0.392 e. The zero-order valence-electron chi connectivity index (χ0n) is 11.2. The second-order valence-electron chi connectivity index (χ2n) is 5.56. The van der Waals surface area contributed by atoms with Gasteiger partial charge in [0.15, 0.2) is 0 Å². The predicted molar refractivity (Wildman–Crippen MR) is 73.7 cm³/mol. The van der Waals surface area contributed by atoms with Gasteiger partial charge in [0.05, 0.1) is 6.61 Å². The molecular formula is C15H21FN2O. The van der Waals surface area contributed by atoms with Gasteiger partial charge in [-0.2, -0.15) is 0 Å². The molecule has 2 heterocycles. The zero-order chi connectivity index (χ0) is 13.2. The highest BCUT2D eigenvalue weighted by Gasteiger charge is 2.30. The van der Waals surface area contributed by atoms with Crippen LogP contribution in [0.15, 0.2) is 18.2 Å². The van der Waals surface area contributed by atoms with E-state index in [0.717, 1.165) is 18.8 Å². The van der Waals surface area contributed by atoms with Crippen molar-refractivity contribution in [2.45, 2.75) is 31.9 Å². The molecule has 2 fully saturated rings. The van der Waals surface area contributed by atoms with Crippen molar-refractivity contribution >= 4 is 5.69 Å². The van der Waals surface area contributed by atoms with Crippen LogP contribution in [0.3, 0.4) is 0 Å². The second-order valence-corrected chi connectivity index (χ2v) is 5.56. The van der Waals surface area contributed by atoms with E-state index in [1.54, 1.807) is 6.07 Å². The van der Waals surface area contributed by atoms with E-state index in [0.29, 0.717) is 11.6 Å². The second kappa shape index (κ2) is 5.47. The molecule has 0 aromatic heterocycles. The Kier molecular flexibility index (Phi) is 3.71. The van der Waals surface area contributed by atoms with Crippen LogP contribution < -0.4 is 4.90 Å². The Morgan fingerprint density at radius 2 is 2.00 bits per heavy atom. The van der Waals surface area contributed by atoms with E-state index in [-0.39, 0.29) is 12.4 Å². The van der Waals surface area contributed by atoms with E-state index in [1.165, 1.54) is 44.5 Å². The fourth-order valence-electron chi connectivity index (χ4n) is 3.35. The summed E-state index contributed by atoms with van der Waals surface area (Å²) in [6.45, 7) is 4.33. The molecule has 0 spiro atoms. The predicted octanol–water partition coefficient (Wildman–Crippen LogP) is 1.99. The number of benzene rings is 1. The number of nitrogens with zero attached hydrogens (tertiary/aromatic N) is 2. The molecule has 0 radical (unpaired) electrons. The van der Waals surface area contributed by atoms with Gasteiger partial charge in [0.25, 0.3) is 0 Å². The molecule has 3 nitrogen and oxygen atoms in total. The van der Waals surface area contributed by atoms with Crippen LogP contribution >= 0.6 is 0 Å². The van der Waals surface area contributed by atoms with Crippen molar-refractivity contribution in [2.24, 2.45) is 0 Å². The maximum absolute atomic E-state index is 13.2. The van der Waals surface area contributed by atoms with E-state index in [4.69, 9.17) is 0 Å². The zero-order valence-corrected chi connectivity index (χ0v) is 11.2. The van der Waals surface area contributed by atoms with Crippen molar-refractivity contribution in [1.29, 1.82) is 0 Å².